The molecule has 0 saturated carbocycles. The molecule has 1 aliphatic heterocycles. The Hall–Kier alpha value is -3.26. The fraction of sp³-hybridized carbons (Fsp3) is 0.391. The van der Waals surface area contributed by atoms with Gasteiger partial charge in [0.25, 0.3) is 5.91 Å². The summed E-state index contributed by atoms with van der Waals surface area (Å²) in [6, 6.07) is 11.5. The topological polar surface area (TPSA) is 80.0 Å². The smallest absolute Gasteiger partial charge is 0.320 e. The van der Waals surface area contributed by atoms with E-state index in [0.717, 1.165) is 35.6 Å². The largest absolute Gasteiger partial charge is 0.460 e. The summed E-state index contributed by atoms with van der Waals surface area (Å²) in [6.07, 6.45) is 2.44. The van der Waals surface area contributed by atoms with Crippen molar-refractivity contribution in [1.82, 2.24) is 24.4 Å². The van der Waals surface area contributed by atoms with Gasteiger partial charge in [-0.25, -0.2) is 9.50 Å². The first-order chi connectivity index (χ1) is 15.0. The van der Waals surface area contributed by atoms with Crippen molar-refractivity contribution in [2.24, 2.45) is 0 Å². The van der Waals surface area contributed by atoms with E-state index in [1.807, 2.05) is 60.0 Å². The molecule has 0 radical (unpaired) electrons. The van der Waals surface area contributed by atoms with Gasteiger partial charge in [-0.1, -0.05) is 30.3 Å². The molecule has 1 fully saturated rings. The lowest BCUT2D eigenvalue weighted by Gasteiger charge is -2.22. The van der Waals surface area contributed by atoms with Crippen molar-refractivity contribution >= 4 is 17.5 Å². The maximum absolute atomic E-state index is 13.1. The number of nitrogens with zero attached hydrogens (tertiary/aromatic N) is 5. The zero-order chi connectivity index (χ0) is 21.8. The second kappa shape index (κ2) is 9.26. The number of esters is 1. The number of rotatable bonds is 5. The maximum atomic E-state index is 13.1. The Labute approximate surface area is 181 Å². The molecule has 1 saturated heterocycles. The number of hydrogen-bond donors (Lipinski definition) is 0. The van der Waals surface area contributed by atoms with E-state index in [9.17, 15) is 9.59 Å². The van der Waals surface area contributed by atoms with Crippen LogP contribution in [0.1, 0.15) is 33.7 Å². The fourth-order valence-corrected chi connectivity index (χ4v) is 3.84. The number of carbonyl (C=O) groups excluding carboxylic acids is 2. The van der Waals surface area contributed by atoms with Gasteiger partial charge in [0.2, 0.25) is 0 Å². The third-order valence-corrected chi connectivity index (χ3v) is 5.55. The molecular weight excluding hydrogens is 394 g/mol. The van der Waals surface area contributed by atoms with Gasteiger partial charge >= 0.3 is 5.97 Å². The Bertz CT molecular complexity index is 1080. The normalized spacial score (nSPS) is 15.1. The molecule has 2 aromatic heterocycles. The summed E-state index contributed by atoms with van der Waals surface area (Å²) in [7, 11) is 0. The predicted octanol–water partition coefficient (Wildman–Crippen LogP) is 2.24. The molecule has 1 amide bonds. The average molecular weight is 422 g/mol. The Morgan fingerprint density at radius 3 is 2.68 bits per heavy atom. The van der Waals surface area contributed by atoms with E-state index in [0.29, 0.717) is 25.2 Å². The van der Waals surface area contributed by atoms with E-state index in [1.165, 1.54) is 0 Å². The summed E-state index contributed by atoms with van der Waals surface area (Å²) >= 11 is 0. The molecule has 0 spiro atoms. The van der Waals surface area contributed by atoms with Crippen molar-refractivity contribution in [2.45, 2.75) is 26.9 Å². The summed E-state index contributed by atoms with van der Waals surface area (Å²) in [5.74, 6) is -0.295. The Balaban J connectivity index is 1.34. The van der Waals surface area contributed by atoms with Crippen molar-refractivity contribution < 1.29 is 14.3 Å². The Kier molecular flexibility index (Phi) is 6.27. The highest BCUT2D eigenvalue weighted by Gasteiger charge is 2.24. The molecule has 0 unspecified atom stereocenters. The minimum absolute atomic E-state index is 0.0476. The van der Waals surface area contributed by atoms with Gasteiger partial charge in [0, 0.05) is 38.4 Å². The van der Waals surface area contributed by atoms with Gasteiger partial charge in [0.1, 0.15) is 6.61 Å². The standard InChI is InChI=1S/C23H27N5O3/c1-17-13-21-24-14-20(18(2)28(21)25-17)23(30)27-10-6-9-26(11-12-27)15-22(29)31-16-19-7-4-3-5-8-19/h3-5,7-8,13-14H,6,9-12,15-16H2,1-2H3. The first-order valence-electron chi connectivity index (χ1n) is 10.5. The van der Waals surface area contributed by atoms with Gasteiger partial charge < -0.3 is 9.64 Å². The second-order valence-corrected chi connectivity index (χ2v) is 7.88. The van der Waals surface area contributed by atoms with E-state index in [2.05, 4.69) is 10.1 Å². The van der Waals surface area contributed by atoms with Crippen LogP contribution in [0.15, 0.2) is 42.6 Å². The van der Waals surface area contributed by atoms with Crippen LogP contribution in [0.5, 0.6) is 0 Å². The molecule has 8 heteroatoms. The number of amides is 1. The zero-order valence-electron chi connectivity index (χ0n) is 18.0. The van der Waals surface area contributed by atoms with Gasteiger partial charge in [-0.3, -0.25) is 14.5 Å². The van der Waals surface area contributed by atoms with Crippen LogP contribution in [0, 0.1) is 13.8 Å². The van der Waals surface area contributed by atoms with Crippen LogP contribution in [-0.2, 0) is 16.1 Å². The Morgan fingerprint density at radius 1 is 1.06 bits per heavy atom. The van der Waals surface area contributed by atoms with E-state index in [4.69, 9.17) is 4.74 Å². The molecule has 1 aliphatic rings. The number of aryl methyl sites for hydroxylation is 2. The van der Waals surface area contributed by atoms with E-state index in [1.54, 1.807) is 10.7 Å². The third kappa shape index (κ3) is 4.91. The van der Waals surface area contributed by atoms with Gasteiger partial charge in [0.05, 0.1) is 23.5 Å². The number of benzene rings is 1. The molecule has 0 aliphatic carbocycles. The van der Waals surface area contributed by atoms with Crippen LogP contribution in [-0.4, -0.2) is 69.0 Å². The van der Waals surface area contributed by atoms with Crippen molar-refractivity contribution in [2.75, 3.05) is 32.7 Å². The monoisotopic (exact) mass is 421 g/mol. The van der Waals surface area contributed by atoms with Crippen molar-refractivity contribution in [3.05, 3.63) is 65.1 Å². The summed E-state index contributed by atoms with van der Waals surface area (Å²) in [4.78, 5) is 33.7. The lowest BCUT2D eigenvalue weighted by Crippen LogP contribution is -2.37. The van der Waals surface area contributed by atoms with Gasteiger partial charge in [0.15, 0.2) is 5.65 Å². The molecule has 4 rings (SSSR count). The van der Waals surface area contributed by atoms with Crippen LogP contribution in [0.4, 0.5) is 0 Å². The van der Waals surface area contributed by atoms with Crippen LogP contribution in [0.2, 0.25) is 0 Å². The molecule has 0 N–H and O–H groups in total. The fourth-order valence-electron chi connectivity index (χ4n) is 3.84. The first kappa shape index (κ1) is 21.0. The average Bonchev–Trinajstić information content (AvgIpc) is 3.00. The maximum Gasteiger partial charge on any atom is 0.320 e. The summed E-state index contributed by atoms with van der Waals surface area (Å²) in [6.45, 7) is 6.88. The molecule has 3 heterocycles. The van der Waals surface area contributed by atoms with E-state index < -0.39 is 0 Å². The van der Waals surface area contributed by atoms with Crippen LogP contribution >= 0.6 is 0 Å². The third-order valence-electron chi connectivity index (χ3n) is 5.55. The van der Waals surface area contributed by atoms with Gasteiger partial charge in [-0.15, -0.1) is 0 Å². The molecule has 0 bridgehead atoms. The van der Waals surface area contributed by atoms with E-state index >= 15 is 0 Å². The minimum Gasteiger partial charge on any atom is -0.460 e. The SMILES string of the molecule is Cc1cc2ncc(C(=O)N3CCCN(CC(=O)OCc4ccccc4)CC3)c(C)n2n1. The molecule has 0 atom stereocenters. The van der Waals surface area contributed by atoms with Crippen molar-refractivity contribution in [3.63, 3.8) is 0 Å². The van der Waals surface area contributed by atoms with Crippen molar-refractivity contribution in [1.29, 1.82) is 0 Å². The number of aromatic nitrogens is 3. The molecule has 8 nitrogen and oxygen atoms in total. The van der Waals surface area contributed by atoms with Gasteiger partial charge in [-0.2, -0.15) is 5.10 Å². The highest BCUT2D eigenvalue weighted by molar-refractivity contribution is 5.95. The number of carbonyl (C=O) groups is 2. The van der Waals surface area contributed by atoms with Crippen LogP contribution in [0.3, 0.4) is 0 Å². The quantitative estimate of drug-likeness (QED) is 0.588. The molecule has 1 aromatic carbocycles. The molecule has 31 heavy (non-hydrogen) atoms. The molecular formula is C23H27N5O3. The second-order valence-electron chi connectivity index (χ2n) is 7.88. The lowest BCUT2D eigenvalue weighted by atomic mass is 10.2. The highest BCUT2D eigenvalue weighted by Crippen LogP contribution is 2.15. The molecule has 162 valence electrons. The highest BCUT2D eigenvalue weighted by atomic mass is 16.5. The summed E-state index contributed by atoms with van der Waals surface area (Å²) < 4.78 is 7.11. The van der Waals surface area contributed by atoms with Crippen LogP contribution in [0.25, 0.3) is 5.65 Å². The zero-order valence-corrected chi connectivity index (χ0v) is 18.0. The molecule has 3 aromatic rings. The van der Waals surface area contributed by atoms with Gasteiger partial charge in [-0.05, 0) is 25.8 Å². The number of fused-ring (bicyclic) bond motifs is 1. The lowest BCUT2D eigenvalue weighted by molar-refractivity contribution is -0.146. The van der Waals surface area contributed by atoms with E-state index in [-0.39, 0.29) is 25.0 Å². The Morgan fingerprint density at radius 2 is 1.87 bits per heavy atom. The first-order valence-corrected chi connectivity index (χ1v) is 10.5. The summed E-state index contributed by atoms with van der Waals surface area (Å²) in [5.41, 5.74) is 3.92. The number of ether oxygens (including phenoxy) is 1. The number of hydrogen-bond acceptors (Lipinski definition) is 6. The summed E-state index contributed by atoms with van der Waals surface area (Å²) in [5, 5.41) is 4.43. The predicted molar refractivity (Wildman–Crippen MR) is 116 cm³/mol. The van der Waals surface area contributed by atoms with Crippen molar-refractivity contribution in [3.8, 4) is 0 Å². The minimum atomic E-state index is -0.247. The van der Waals surface area contributed by atoms with Crippen LogP contribution < -0.4 is 0 Å².